The summed E-state index contributed by atoms with van der Waals surface area (Å²) in [7, 11) is 0. The first-order chi connectivity index (χ1) is 16.8. The lowest BCUT2D eigenvalue weighted by molar-refractivity contribution is 1.28. The van der Waals surface area contributed by atoms with Crippen LogP contribution in [0.15, 0.2) is 136 Å². The van der Waals surface area contributed by atoms with Gasteiger partial charge in [0.1, 0.15) is 0 Å². The van der Waals surface area contributed by atoms with Gasteiger partial charge in [0.15, 0.2) is 0 Å². The van der Waals surface area contributed by atoms with Crippen LogP contribution in [0, 0.1) is 0 Å². The van der Waals surface area contributed by atoms with Crippen molar-refractivity contribution in [2.45, 2.75) is 9.79 Å². The van der Waals surface area contributed by atoms with Crippen LogP contribution in [0.2, 0.25) is 0 Å². The summed E-state index contributed by atoms with van der Waals surface area (Å²) in [6.07, 6.45) is 0. The zero-order valence-corrected chi connectivity index (χ0v) is 20.7. The topological polar surface area (TPSA) is 15.3 Å². The molecule has 0 saturated heterocycles. The maximum absolute atomic E-state index is 3.67. The van der Waals surface area contributed by atoms with Crippen LogP contribution in [0.1, 0.15) is 0 Å². The molecule has 0 atom stereocenters. The maximum Gasteiger partial charge on any atom is 0.0606 e. The lowest BCUT2D eigenvalue weighted by Crippen LogP contribution is -2.09. The van der Waals surface area contributed by atoms with Crippen molar-refractivity contribution in [2.75, 3.05) is 10.2 Å². The SMILES string of the molecule is Brc1ccc(N(c2ccccc2)c2ccc(-c3cccc4c3Nc3ccccc3S4)cc2)cc1. The Bertz CT molecular complexity index is 1450. The summed E-state index contributed by atoms with van der Waals surface area (Å²) in [5, 5.41) is 3.67. The van der Waals surface area contributed by atoms with Crippen LogP contribution in [0.4, 0.5) is 28.4 Å². The monoisotopic (exact) mass is 520 g/mol. The van der Waals surface area contributed by atoms with Gasteiger partial charge in [-0.25, -0.2) is 0 Å². The molecule has 6 rings (SSSR count). The highest BCUT2D eigenvalue weighted by molar-refractivity contribution is 9.10. The third kappa shape index (κ3) is 4.00. The van der Waals surface area contributed by atoms with Gasteiger partial charge in [0.2, 0.25) is 0 Å². The average molecular weight is 521 g/mol. The van der Waals surface area contributed by atoms with E-state index in [9.17, 15) is 0 Å². The van der Waals surface area contributed by atoms with Gasteiger partial charge in [0, 0.05) is 36.9 Å². The van der Waals surface area contributed by atoms with Crippen molar-refractivity contribution in [3.8, 4) is 11.1 Å². The molecule has 0 amide bonds. The molecular formula is C30H21BrN2S. The molecule has 0 aromatic heterocycles. The van der Waals surface area contributed by atoms with Crippen molar-refractivity contribution in [1.29, 1.82) is 0 Å². The van der Waals surface area contributed by atoms with Crippen molar-refractivity contribution >= 4 is 56.1 Å². The minimum Gasteiger partial charge on any atom is -0.353 e. The molecule has 0 bridgehead atoms. The van der Waals surface area contributed by atoms with Crippen LogP contribution in [0.3, 0.4) is 0 Å². The number of anilines is 5. The predicted molar refractivity (Wildman–Crippen MR) is 148 cm³/mol. The first-order valence-electron chi connectivity index (χ1n) is 11.1. The maximum atomic E-state index is 3.67. The van der Waals surface area contributed by atoms with Crippen LogP contribution in [0.25, 0.3) is 11.1 Å². The Hall–Kier alpha value is -3.47. The van der Waals surface area contributed by atoms with E-state index < -0.39 is 0 Å². The molecule has 4 heteroatoms. The highest BCUT2D eigenvalue weighted by atomic mass is 79.9. The highest BCUT2D eigenvalue weighted by Gasteiger charge is 2.19. The molecule has 0 radical (unpaired) electrons. The largest absolute Gasteiger partial charge is 0.353 e. The Balaban J connectivity index is 1.39. The summed E-state index contributed by atoms with van der Waals surface area (Å²) >= 11 is 5.38. The van der Waals surface area contributed by atoms with Gasteiger partial charge in [0.05, 0.1) is 11.4 Å². The molecule has 34 heavy (non-hydrogen) atoms. The van der Waals surface area contributed by atoms with Crippen LogP contribution in [-0.4, -0.2) is 0 Å². The van der Waals surface area contributed by atoms with E-state index in [2.05, 4.69) is 141 Å². The Morgan fingerprint density at radius 3 is 1.94 bits per heavy atom. The van der Waals surface area contributed by atoms with Gasteiger partial charge in [-0.1, -0.05) is 82.3 Å². The number of rotatable bonds is 4. The standard InChI is InChI=1S/C30H21BrN2S/c31-22-15-19-25(20-16-22)33(23-7-2-1-3-8-23)24-17-13-21(14-18-24)26-9-6-12-29-30(26)32-27-10-4-5-11-28(27)34-29/h1-20,32H. The van der Waals surface area contributed by atoms with E-state index in [-0.39, 0.29) is 0 Å². The van der Waals surface area contributed by atoms with Crippen LogP contribution in [-0.2, 0) is 0 Å². The fourth-order valence-corrected chi connectivity index (χ4v) is 5.59. The molecule has 5 aromatic carbocycles. The van der Waals surface area contributed by atoms with E-state index in [0.29, 0.717) is 0 Å². The number of nitrogens with one attached hydrogen (secondary N) is 1. The van der Waals surface area contributed by atoms with E-state index in [1.54, 1.807) is 0 Å². The number of benzene rings is 5. The zero-order valence-electron chi connectivity index (χ0n) is 18.3. The molecule has 1 heterocycles. The predicted octanol–water partition coefficient (Wildman–Crippen LogP) is 9.79. The number of hydrogen-bond acceptors (Lipinski definition) is 3. The van der Waals surface area contributed by atoms with Gasteiger partial charge >= 0.3 is 0 Å². The molecule has 5 aromatic rings. The van der Waals surface area contributed by atoms with Crippen molar-refractivity contribution < 1.29 is 0 Å². The van der Waals surface area contributed by atoms with Crippen molar-refractivity contribution in [3.63, 3.8) is 0 Å². The molecule has 0 spiro atoms. The quantitative estimate of drug-likeness (QED) is 0.249. The van der Waals surface area contributed by atoms with Crippen molar-refractivity contribution in [2.24, 2.45) is 0 Å². The smallest absolute Gasteiger partial charge is 0.0606 e. The normalized spacial score (nSPS) is 11.8. The lowest BCUT2D eigenvalue weighted by Gasteiger charge is -2.26. The number of nitrogens with zero attached hydrogens (tertiary/aromatic N) is 1. The number of halogens is 1. The number of hydrogen-bond donors (Lipinski definition) is 1. The fraction of sp³-hybridized carbons (Fsp3) is 0. The van der Waals surface area contributed by atoms with E-state index in [1.807, 2.05) is 17.8 Å². The Morgan fingerprint density at radius 1 is 0.559 bits per heavy atom. The summed E-state index contributed by atoms with van der Waals surface area (Å²) in [4.78, 5) is 4.79. The average Bonchev–Trinajstić information content (AvgIpc) is 2.89. The van der Waals surface area contributed by atoms with Gasteiger partial charge in [-0.2, -0.15) is 0 Å². The number of para-hydroxylation sites is 3. The third-order valence-electron chi connectivity index (χ3n) is 5.93. The molecule has 0 unspecified atom stereocenters. The van der Waals surface area contributed by atoms with Crippen LogP contribution in [0.5, 0.6) is 0 Å². The molecule has 164 valence electrons. The van der Waals surface area contributed by atoms with Gasteiger partial charge in [-0.3, -0.25) is 0 Å². The first kappa shape index (κ1) is 21.1. The van der Waals surface area contributed by atoms with E-state index >= 15 is 0 Å². The third-order valence-corrected chi connectivity index (χ3v) is 7.59. The Kier molecular flexibility index (Phi) is 5.61. The van der Waals surface area contributed by atoms with Gasteiger partial charge < -0.3 is 10.2 Å². The zero-order chi connectivity index (χ0) is 22.9. The molecule has 2 nitrogen and oxygen atoms in total. The Morgan fingerprint density at radius 2 is 1.18 bits per heavy atom. The number of fused-ring (bicyclic) bond motifs is 2. The summed E-state index contributed by atoms with van der Waals surface area (Å²) in [5.41, 5.74) is 8.10. The Labute approximate surface area is 212 Å². The van der Waals surface area contributed by atoms with Crippen molar-refractivity contribution in [3.05, 3.63) is 126 Å². The van der Waals surface area contributed by atoms with E-state index in [0.717, 1.165) is 27.2 Å². The molecule has 0 fully saturated rings. The molecule has 1 aliphatic rings. The molecule has 0 aliphatic carbocycles. The molecule has 1 aliphatic heterocycles. The second-order valence-corrected chi connectivity index (χ2v) is 10.1. The summed E-state index contributed by atoms with van der Waals surface area (Å²) < 4.78 is 1.07. The minimum atomic E-state index is 1.07. The van der Waals surface area contributed by atoms with Crippen molar-refractivity contribution in [1.82, 2.24) is 0 Å². The van der Waals surface area contributed by atoms with Crippen LogP contribution >= 0.6 is 27.7 Å². The molecular weight excluding hydrogens is 500 g/mol. The van der Waals surface area contributed by atoms with Gasteiger partial charge in [0.25, 0.3) is 0 Å². The molecule has 0 saturated carbocycles. The van der Waals surface area contributed by atoms with E-state index in [1.165, 1.54) is 26.6 Å². The minimum absolute atomic E-state index is 1.07. The summed E-state index contributed by atoms with van der Waals surface area (Å²) in [5.74, 6) is 0. The van der Waals surface area contributed by atoms with Gasteiger partial charge in [-0.15, -0.1) is 0 Å². The molecule has 1 N–H and O–H groups in total. The second kappa shape index (κ2) is 9.05. The highest BCUT2D eigenvalue weighted by Crippen LogP contribution is 2.48. The summed E-state index contributed by atoms with van der Waals surface area (Å²) in [6, 6.07) is 42.7. The summed E-state index contributed by atoms with van der Waals surface area (Å²) in [6.45, 7) is 0. The van der Waals surface area contributed by atoms with E-state index in [4.69, 9.17) is 0 Å². The first-order valence-corrected chi connectivity index (χ1v) is 12.8. The van der Waals surface area contributed by atoms with Gasteiger partial charge in [-0.05, 0) is 72.3 Å². The second-order valence-electron chi connectivity index (χ2n) is 8.10. The van der Waals surface area contributed by atoms with Crippen LogP contribution < -0.4 is 10.2 Å². The lowest BCUT2D eigenvalue weighted by atomic mass is 10.0. The fourth-order valence-electron chi connectivity index (χ4n) is 4.30.